The molecule has 0 unspecified atom stereocenters. The van der Waals surface area contributed by atoms with Crippen LogP contribution in [0.1, 0.15) is 19.3 Å². The molecule has 46 nitrogen and oxygen atoms in total. The molecule has 0 saturated heterocycles. The van der Waals surface area contributed by atoms with E-state index in [1.165, 1.54) is 0 Å². The molecular weight excluding hydrogens is 1770 g/mol. The van der Waals surface area contributed by atoms with Crippen molar-refractivity contribution in [3.05, 3.63) is 0 Å². The lowest BCUT2D eigenvalue weighted by molar-refractivity contribution is -0.123. The number of nitrogens with two attached hydrogens (primary N) is 3. The standard InChI is InChI=1S/C87H177N7O39/c88-4-16-101-22-28-107-34-40-113-46-52-119-58-64-125-70-76-131-82-79-128-73-67-122-61-55-116-49-43-110-37-31-104-25-19-98-13-1-85(95)91-7-10-94(11-8-92-86(96)2-14-99-20-26-105-32-38-111-44-50-117-56-62-123-68-74-129-80-83-132-77-71-126-65-59-120-53-47-114-41-35-108-29-23-102-17-5-89)12-9-93-87(97)3-15-100-21-27-106-33-39-112-45-51-118-57-63-124-69-75-130-81-84-133-78-72-127-66-60-121-54-48-115-42-36-109-30-24-103-18-6-90/h1-84,88-90H2,(H,91,95)(H,92,96)(H,93,97). The van der Waals surface area contributed by atoms with Crippen molar-refractivity contribution in [2.45, 2.75) is 19.3 Å². The Bertz CT molecular complexity index is 1980. The average Bonchev–Trinajstić information content (AvgIpc) is 0.961. The Balaban J connectivity index is 4.20. The molecule has 0 saturated carbocycles. The van der Waals surface area contributed by atoms with Crippen LogP contribution < -0.4 is 33.2 Å². The highest BCUT2D eigenvalue weighted by atomic mass is 16.6. The minimum absolute atomic E-state index is 0.165. The summed E-state index contributed by atoms with van der Waals surface area (Å²) >= 11 is 0. The molecule has 0 fully saturated rings. The number of carbonyl (C=O) groups is 3. The molecule has 0 aliphatic rings. The largest absolute Gasteiger partial charge is 0.379 e. The topological polar surface area (TPSA) is 501 Å². The second-order valence-electron chi connectivity index (χ2n) is 27.6. The van der Waals surface area contributed by atoms with Gasteiger partial charge in [0, 0.05) is 78.2 Å². The first-order valence-electron chi connectivity index (χ1n) is 47.4. The Labute approximate surface area is 791 Å². The number of hydrogen-bond donors (Lipinski definition) is 6. The summed E-state index contributed by atoms with van der Waals surface area (Å²) in [6.45, 7) is 36.0. The zero-order valence-electron chi connectivity index (χ0n) is 80.5. The van der Waals surface area contributed by atoms with Gasteiger partial charge in [-0.2, -0.15) is 0 Å². The first-order valence-corrected chi connectivity index (χ1v) is 47.4. The van der Waals surface area contributed by atoms with Gasteiger partial charge in [-0.15, -0.1) is 0 Å². The van der Waals surface area contributed by atoms with E-state index in [2.05, 4.69) is 20.9 Å². The summed E-state index contributed by atoms with van der Waals surface area (Å²) < 4.78 is 198. The van der Waals surface area contributed by atoms with Crippen molar-refractivity contribution in [3.8, 4) is 0 Å². The SMILES string of the molecule is NCCOCCOCCOCCOCCOCCOCCOCCOCCOCCOCCOCCOCCC(=O)NCCN(CCNC(=O)CCOCCOCCOCCOCCOCCOCCOCCOCCOCCOCCOCCOCCN)CCNC(=O)CCOCCOCCOCCOCCOCCOCCOCCOCCOCCOCCOCCOCCN. The van der Waals surface area contributed by atoms with Gasteiger partial charge in [-0.1, -0.05) is 0 Å². The highest BCUT2D eigenvalue weighted by molar-refractivity contribution is 5.76. The van der Waals surface area contributed by atoms with Gasteiger partial charge in [0.25, 0.3) is 0 Å². The molecule has 0 rings (SSSR count). The number of ether oxygens (including phenoxy) is 36. The van der Waals surface area contributed by atoms with Crippen molar-refractivity contribution >= 4 is 17.7 Å². The van der Waals surface area contributed by atoms with E-state index in [-0.39, 0.29) is 56.8 Å². The molecule has 0 aromatic rings. The Morgan fingerprint density at radius 3 is 0.308 bits per heavy atom. The number of carbonyl (C=O) groups excluding carboxylic acids is 3. The fraction of sp³-hybridized carbons (Fsp3) is 0.966. The summed E-state index contributed by atoms with van der Waals surface area (Å²) in [5, 5.41) is 8.81. The Morgan fingerprint density at radius 1 is 0.135 bits per heavy atom. The van der Waals surface area contributed by atoms with E-state index in [4.69, 9.17) is 188 Å². The molecule has 0 radical (unpaired) electrons. The third-order valence-electron chi connectivity index (χ3n) is 16.7. The highest BCUT2D eigenvalue weighted by Crippen LogP contribution is 1.98. The van der Waals surface area contributed by atoms with Crippen LogP contribution in [-0.2, 0) is 185 Å². The number of amides is 3. The molecule has 794 valence electrons. The second-order valence-corrected chi connectivity index (χ2v) is 27.6. The van der Waals surface area contributed by atoms with Crippen molar-refractivity contribution in [1.82, 2.24) is 20.9 Å². The molecule has 0 heterocycles. The van der Waals surface area contributed by atoms with Crippen LogP contribution in [0.2, 0.25) is 0 Å². The monoisotopic (exact) mass is 1940 g/mol. The van der Waals surface area contributed by atoms with E-state index in [9.17, 15) is 14.4 Å². The van der Waals surface area contributed by atoms with E-state index in [0.717, 1.165) is 0 Å². The average molecular weight is 1950 g/mol. The molecular formula is C87H177N7O39. The molecule has 9 N–H and O–H groups in total. The van der Waals surface area contributed by atoms with E-state index >= 15 is 0 Å². The van der Waals surface area contributed by atoms with Crippen molar-refractivity contribution in [3.63, 3.8) is 0 Å². The molecule has 0 aliphatic heterocycles. The predicted molar refractivity (Wildman–Crippen MR) is 486 cm³/mol. The number of nitrogens with zero attached hydrogens (tertiary/aromatic N) is 1. The molecule has 3 amide bonds. The lowest BCUT2D eigenvalue weighted by atomic mass is 10.3. The first-order chi connectivity index (χ1) is 66.0. The van der Waals surface area contributed by atoms with Gasteiger partial charge >= 0.3 is 0 Å². The molecule has 0 atom stereocenters. The van der Waals surface area contributed by atoms with Crippen LogP contribution in [0.25, 0.3) is 0 Å². The van der Waals surface area contributed by atoms with Crippen LogP contribution in [0.3, 0.4) is 0 Å². The second kappa shape index (κ2) is 121. The number of nitrogens with one attached hydrogen (secondary N) is 3. The maximum absolute atomic E-state index is 12.8. The highest BCUT2D eigenvalue weighted by Gasteiger charge is 2.12. The lowest BCUT2D eigenvalue weighted by Crippen LogP contribution is -2.43. The summed E-state index contributed by atoms with van der Waals surface area (Å²) in [4.78, 5) is 40.3. The van der Waals surface area contributed by atoms with Crippen molar-refractivity contribution in [2.24, 2.45) is 17.2 Å². The predicted octanol–water partition coefficient (Wildman–Crippen LogP) is -2.72. The maximum atomic E-state index is 12.8. The van der Waals surface area contributed by atoms with Crippen LogP contribution in [-0.4, -0.2) is 557 Å². The van der Waals surface area contributed by atoms with Gasteiger partial charge in [-0.3, -0.25) is 19.3 Å². The normalized spacial score (nSPS) is 11.7. The fourth-order valence-corrected chi connectivity index (χ4v) is 9.97. The molecule has 0 aromatic heterocycles. The molecule has 0 spiro atoms. The van der Waals surface area contributed by atoms with Crippen LogP contribution in [0, 0.1) is 0 Å². The zero-order chi connectivity index (χ0) is 95.3. The van der Waals surface area contributed by atoms with Crippen molar-refractivity contribution in [2.75, 3.05) is 535 Å². The van der Waals surface area contributed by atoms with Gasteiger partial charge < -0.3 is 204 Å². The summed E-state index contributed by atoms with van der Waals surface area (Å²) in [7, 11) is 0. The Hall–Kier alpha value is -3.19. The van der Waals surface area contributed by atoms with Gasteiger partial charge in [-0.05, 0) is 0 Å². The van der Waals surface area contributed by atoms with Gasteiger partial charge in [0.15, 0.2) is 0 Å². The number of hydrogen-bond acceptors (Lipinski definition) is 43. The Kier molecular flexibility index (Phi) is 118. The van der Waals surface area contributed by atoms with Crippen molar-refractivity contribution in [1.29, 1.82) is 0 Å². The van der Waals surface area contributed by atoms with Crippen LogP contribution in [0.5, 0.6) is 0 Å². The third-order valence-corrected chi connectivity index (χ3v) is 16.7. The summed E-state index contributed by atoms with van der Waals surface area (Å²) in [5.41, 5.74) is 16.1. The van der Waals surface area contributed by atoms with Gasteiger partial charge in [-0.25, -0.2) is 0 Å². The van der Waals surface area contributed by atoms with Gasteiger partial charge in [0.1, 0.15) is 0 Å². The van der Waals surface area contributed by atoms with Crippen LogP contribution >= 0.6 is 0 Å². The Morgan fingerprint density at radius 2 is 0.218 bits per heavy atom. The third kappa shape index (κ3) is 119. The quantitative estimate of drug-likeness (QED) is 0.0337. The van der Waals surface area contributed by atoms with E-state index in [1.807, 2.05) is 0 Å². The fourth-order valence-electron chi connectivity index (χ4n) is 9.97. The minimum atomic E-state index is -0.172. The summed E-state index contributed by atoms with van der Waals surface area (Å²) in [6.07, 6.45) is 0.494. The molecule has 0 bridgehead atoms. The summed E-state index contributed by atoms with van der Waals surface area (Å²) in [6, 6.07) is 0. The summed E-state index contributed by atoms with van der Waals surface area (Å²) in [5.74, 6) is -0.516. The maximum Gasteiger partial charge on any atom is 0.222 e. The van der Waals surface area contributed by atoms with Crippen molar-refractivity contribution < 1.29 is 185 Å². The molecule has 0 aliphatic carbocycles. The zero-order valence-corrected chi connectivity index (χ0v) is 80.5. The van der Waals surface area contributed by atoms with Crippen LogP contribution in [0.15, 0.2) is 0 Å². The lowest BCUT2D eigenvalue weighted by Gasteiger charge is -2.23. The number of rotatable bonds is 123. The minimum Gasteiger partial charge on any atom is -0.379 e. The van der Waals surface area contributed by atoms with E-state index < -0.39 is 0 Å². The first kappa shape index (κ1) is 130. The van der Waals surface area contributed by atoms with Gasteiger partial charge in [0.2, 0.25) is 17.7 Å². The van der Waals surface area contributed by atoms with Crippen LogP contribution in [0.4, 0.5) is 0 Å². The van der Waals surface area contributed by atoms with E-state index in [0.29, 0.717) is 515 Å². The van der Waals surface area contributed by atoms with Gasteiger partial charge in [0.05, 0.1) is 476 Å². The molecule has 0 aromatic carbocycles. The smallest absolute Gasteiger partial charge is 0.222 e. The molecule has 133 heavy (non-hydrogen) atoms. The molecule has 46 heteroatoms. The van der Waals surface area contributed by atoms with E-state index in [1.54, 1.807) is 0 Å².